The van der Waals surface area contributed by atoms with E-state index in [1.165, 1.54) is 12.1 Å². The zero-order valence-corrected chi connectivity index (χ0v) is 18.8. The molecule has 0 saturated carbocycles. The maximum absolute atomic E-state index is 6.14. The van der Waals surface area contributed by atoms with E-state index in [9.17, 15) is 0 Å². The van der Waals surface area contributed by atoms with Crippen molar-refractivity contribution in [2.24, 2.45) is 16.3 Å². The smallest absolute Gasteiger partial charge is 0.193 e. The van der Waals surface area contributed by atoms with Crippen LogP contribution in [0.25, 0.3) is 0 Å². The minimum Gasteiger partial charge on any atom is -0.497 e. The van der Waals surface area contributed by atoms with E-state index >= 15 is 0 Å². The molecule has 3 rings (SSSR count). The van der Waals surface area contributed by atoms with E-state index in [1.54, 1.807) is 7.11 Å². The van der Waals surface area contributed by atoms with E-state index in [0.717, 1.165) is 57.5 Å². The molecule has 2 saturated heterocycles. The van der Waals surface area contributed by atoms with Gasteiger partial charge in [-0.05, 0) is 42.5 Å². The summed E-state index contributed by atoms with van der Waals surface area (Å²) < 4.78 is 11.4. The Hall–Kier alpha value is -1.95. The Labute approximate surface area is 176 Å². The lowest BCUT2D eigenvalue weighted by Crippen LogP contribution is -2.54. The maximum Gasteiger partial charge on any atom is 0.193 e. The molecule has 162 valence electrons. The van der Waals surface area contributed by atoms with Crippen molar-refractivity contribution in [3.05, 3.63) is 24.3 Å². The Morgan fingerprint density at radius 3 is 2.45 bits per heavy atom. The molecule has 1 N–H and O–H groups in total. The highest BCUT2D eigenvalue weighted by atomic mass is 16.5. The van der Waals surface area contributed by atoms with Gasteiger partial charge in [-0.15, -0.1) is 0 Å². The molecule has 2 aliphatic heterocycles. The van der Waals surface area contributed by atoms with Crippen molar-refractivity contribution >= 4 is 11.6 Å². The van der Waals surface area contributed by atoms with Crippen LogP contribution in [0, 0.1) is 11.3 Å². The number of hydrogen-bond acceptors (Lipinski definition) is 4. The quantitative estimate of drug-likeness (QED) is 0.619. The number of nitrogens with one attached hydrogen (secondary N) is 1. The Morgan fingerprint density at radius 1 is 1.17 bits per heavy atom. The van der Waals surface area contributed by atoms with Gasteiger partial charge in [0.1, 0.15) is 5.75 Å². The van der Waals surface area contributed by atoms with Gasteiger partial charge in [0.25, 0.3) is 0 Å². The zero-order chi connectivity index (χ0) is 20.9. The standard InChI is InChI=1S/C23H38N4O2/c1-23(2,3)21-18(7-6-16-29-21)17-25-22(24-4)27-14-12-26(13-15-27)19-8-10-20(28-5)11-9-19/h8-11,18,21H,6-7,12-17H2,1-5H3,(H,24,25). The van der Waals surface area contributed by atoms with Crippen LogP contribution in [0.4, 0.5) is 5.69 Å². The largest absolute Gasteiger partial charge is 0.497 e. The molecule has 0 spiro atoms. The van der Waals surface area contributed by atoms with Crippen molar-refractivity contribution in [1.29, 1.82) is 0 Å². The molecule has 2 aliphatic rings. The number of rotatable bonds is 4. The number of hydrogen-bond donors (Lipinski definition) is 1. The molecule has 0 radical (unpaired) electrons. The van der Waals surface area contributed by atoms with Crippen LogP contribution in [-0.2, 0) is 4.74 Å². The second-order valence-corrected chi connectivity index (χ2v) is 9.16. The molecule has 1 aromatic rings. The van der Waals surface area contributed by atoms with Gasteiger partial charge in [0.15, 0.2) is 5.96 Å². The predicted octanol–water partition coefficient (Wildman–Crippen LogP) is 3.23. The first-order chi connectivity index (χ1) is 13.9. The lowest BCUT2D eigenvalue weighted by Gasteiger charge is -2.41. The first-order valence-corrected chi connectivity index (χ1v) is 10.9. The third kappa shape index (κ3) is 5.56. The van der Waals surface area contributed by atoms with Crippen molar-refractivity contribution in [3.8, 4) is 5.75 Å². The third-order valence-electron chi connectivity index (χ3n) is 6.05. The Kier molecular flexibility index (Phi) is 7.28. The molecule has 2 unspecified atom stereocenters. The van der Waals surface area contributed by atoms with E-state index in [0.29, 0.717) is 12.0 Å². The van der Waals surface area contributed by atoms with Crippen LogP contribution < -0.4 is 15.0 Å². The summed E-state index contributed by atoms with van der Waals surface area (Å²) in [5.74, 6) is 2.44. The van der Waals surface area contributed by atoms with Crippen molar-refractivity contribution < 1.29 is 9.47 Å². The SMILES string of the molecule is CN=C(NCC1CCCOC1C(C)(C)C)N1CCN(c2ccc(OC)cc2)CC1. The lowest BCUT2D eigenvalue weighted by atomic mass is 9.78. The van der Waals surface area contributed by atoms with Crippen LogP contribution in [0.1, 0.15) is 33.6 Å². The van der Waals surface area contributed by atoms with Crippen LogP contribution in [0.3, 0.4) is 0 Å². The molecular formula is C23H38N4O2. The monoisotopic (exact) mass is 402 g/mol. The summed E-state index contributed by atoms with van der Waals surface area (Å²) in [6.45, 7) is 12.6. The summed E-state index contributed by atoms with van der Waals surface area (Å²) in [6, 6.07) is 8.33. The van der Waals surface area contributed by atoms with E-state index in [4.69, 9.17) is 9.47 Å². The molecule has 0 aliphatic carbocycles. The molecule has 0 aromatic heterocycles. The third-order valence-corrected chi connectivity index (χ3v) is 6.05. The number of nitrogens with zero attached hydrogens (tertiary/aromatic N) is 3. The lowest BCUT2D eigenvalue weighted by molar-refractivity contribution is -0.0836. The summed E-state index contributed by atoms with van der Waals surface area (Å²) in [7, 11) is 3.59. The normalized spacial score (nSPS) is 23.8. The average molecular weight is 403 g/mol. The molecule has 2 heterocycles. The molecule has 0 bridgehead atoms. The van der Waals surface area contributed by atoms with Crippen LogP contribution >= 0.6 is 0 Å². The molecule has 29 heavy (non-hydrogen) atoms. The molecule has 6 heteroatoms. The maximum atomic E-state index is 6.14. The highest BCUT2D eigenvalue weighted by Crippen LogP contribution is 2.33. The van der Waals surface area contributed by atoms with Gasteiger partial charge in [-0.1, -0.05) is 20.8 Å². The van der Waals surface area contributed by atoms with Crippen LogP contribution in [-0.4, -0.2) is 70.5 Å². The summed E-state index contributed by atoms with van der Waals surface area (Å²) in [5, 5.41) is 3.64. The van der Waals surface area contributed by atoms with Gasteiger partial charge >= 0.3 is 0 Å². The van der Waals surface area contributed by atoms with Crippen molar-refractivity contribution in [2.75, 3.05) is 58.4 Å². The van der Waals surface area contributed by atoms with E-state index < -0.39 is 0 Å². The Morgan fingerprint density at radius 2 is 1.86 bits per heavy atom. The number of piperazine rings is 1. The summed E-state index contributed by atoms with van der Waals surface area (Å²) >= 11 is 0. The minimum absolute atomic E-state index is 0.167. The van der Waals surface area contributed by atoms with E-state index in [1.807, 2.05) is 19.2 Å². The topological polar surface area (TPSA) is 49.3 Å². The predicted molar refractivity (Wildman–Crippen MR) is 120 cm³/mol. The number of aliphatic imine (C=N–C) groups is 1. The first kappa shape index (κ1) is 21.8. The fourth-order valence-corrected chi connectivity index (χ4v) is 4.53. The van der Waals surface area contributed by atoms with Gasteiger partial charge < -0.3 is 24.6 Å². The van der Waals surface area contributed by atoms with Gasteiger partial charge in [0, 0.05) is 58.0 Å². The van der Waals surface area contributed by atoms with Gasteiger partial charge in [-0.2, -0.15) is 0 Å². The van der Waals surface area contributed by atoms with E-state index in [-0.39, 0.29) is 5.41 Å². The summed E-state index contributed by atoms with van der Waals surface area (Å²) in [5.41, 5.74) is 1.42. The second-order valence-electron chi connectivity index (χ2n) is 9.16. The average Bonchev–Trinajstić information content (AvgIpc) is 2.74. The number of benzene rings is 1. The Balaban J connectivity index is 1.52. The van der Waals surface area contributed by atoms with Gasteiger partial charge in [0.05, 0.1) is 13.2 Å². The highest BCUT2D eigenvalue weighted by Gasteiger charge is 2.35. The van der Waals surface area contributed by atoms with Crippen LogP contribution in [0.15, 0.2) is 29.3 Å². The Bertz CT molecular complexity index is 660. The van der Waals surface area contributed by atoms with Gasteiger partial charge in [-0.25, -0.2) is 0 Å². The van der Waals surface area contributed by atoms with Gasteiger partial charge in [-0.3, -0.25) is 4.99 Å². The van der Waals surface area contributed by atoms with Crippen LogP contribution in [0.5, 0.6) is 5.75 Å². The number of guanidine groups is 1. The number of methoxy groups -OCH3 is 1. The fraction of sp³-hybridized carbons (Fsp3) is 0.696. The van der Waals surface area contributed by atoms with E-state index in [2.05, 4.69) is 53.0 Å². The first-order valence-electron chi connectivity index (χ1n) is 10.9. The molecule has 2 atom stereocenters. The molecular weight excluding hydrogens is 364 g/mol. The number of ether oxygens (including phenoxy) is 2. The van der Waals surface area contributed by atoms with Crippen molar-refractivity contribution in [2.45, 2.75) is 39.7 Å². The number of anilines is 1. The van der Waals surface area contributed by atoms with Crippen LogP contribution in [0.2, 0.25) is 0 Å². The fourth-order valence-electron chi connectivity index (χ4n) is 4.53. The molecule has 0 amide bonds. The minimum atomic E-state index is 0.167. The summed E-state index contributed by atoms with van der Waals surface area (Å²) in [6.07, 6.45) is 2.67. The van der Waals surface area contributed by atoms with Gasteiger partial charge in [0.2, 0.25) is 0 Å². The van der Waals surface area contributed by atoms with Crippen molar-refractivity contribution in [3.63, 3.8) is 0 Å². The second kappa shape index (κ2) is 9.70. The molecule has 2 fully saturated rings. The molecule has 6 nitrogen and oxygen atoms in total. The highest BCUT2D eigenvalue weighted by molar-refractivity contribution is 5.80. The zero-order valence-electron chi connectivity index (χ0n) is 18.8. The van der Waals surface area contributed by atoms with Crippen molar-refractivity contribution in [1.82, 2.24) is 10.2 Å². The summed E-state index contributed by atoms with van der Waals surface area (Å²) in [4.78, 5) is 9.35. The molecule has 1 aromatic carbocycles.